The number of anilines is 1. The zero-order chi connectivity index (χ0) is 17.8. The molecule has 0 aliphatic heterocycles. The summed E-state index contributed by atoms with van der Waals surface area (Å²) in [7, 11) is 0. The average Bonchev–Trinajstić information content (AvgIpc) is 2.97. The maximum absolute atomic E-state index is 12.1. The fourth-order valence-electron chi connectivity index (χ4n) is 1.97. The van der Waals surface area contributed by atoms with Crippen LogP contribution in [0.1, 0.15) is 0 Å². The third kappa shape index (κ3) is 4.22. The van der Waals surface area contributed by atoms with Gasteiger partial charge in [0.25, 0.3) is 0 Å². The number of halogens is 2. The lowest BCUT2D eigenvalue weighted by Crippen LogP contribution is -2.16. The number of hydrogen-bond donors (Lipinski definition) is 2. The highest BCUT2D eigenvalue weighted by Gasteiger charge is 2.14. The van der Waals surface area contributed by atoms with Crippen molar-refractivity contribution >= 4 is 46.6 Å². The number of nitrogens with two attached hydrogens (primary N) is 1. The van der Waals surface area contributed by atoms with Crippen molar-refractivity contribution in [3.05, 3.63) is 52.8 Å². The molecule has 128 valence electrons. The van der Waals surface area contributed by atoms with Crippen molar-refractivity contribution < 1.29 is 4.79 Å². The Morgan fingerprint density at radius 2 is 2.12 bits per heavy atom. The number of aromatic nitrogens is 4. The Morgan fingerprint density at radius 1 is 1.28 bits per heavy atom. The Hall–Kier alpha value is -2.29. The first-order chi connectivity index (χ1) is 12.0. The molecule has 25 heavy (non-hydrogen) atoms. The van der Waals surface area contributed by atoms with E-state index in [2.05, 4.69) is 20.5 Å². The second kappa shape index (κ2) is 7.73. The molecule has 2 aromatic heterocycles. The van der Waals surface area contributed by atoms with E-state index in [1.807, 2.05) is 6.07 Å². The highest BCUT2D eigenvalue weighted by atomic mass is 35.5. The second-order valence-electron chi connectivity index (χ2n) is 4.88. The van der Waals surface area contributed by atoms with Crippen LogP contribution in [0.25, 0.3) is 11.4 Å². The fourth-order valence-corrected chi connectivity index (χ4v) is 3.09. The van der Waals surface area contributed by atoms with Crippen molar-refractivity contribution in [1.82, 2.24) is 19.9 Å². The topological polar surface area (TPSA) is 98.7 Å². The van der Waals surface area contributed by atoms with Gasteiger partial charge in [-0.2, -0.15) is 0 Å². The van der Waals surface area contributed by atoms with Crippen molar-refractivity contribution in [1.29, 1.82) is 0 Å². The van der Waals surface area contributed by atoms with Gasteiger partial charge >= 0.3 is 0 Å². The van der Waals surface area contributed by atoms with Gasteiger partial charge in [0.2, 0.25) is 11.1 Å². The lowest BCUT2D eigenvalue weighted by molar-refractivity contribution is -0.113. The minimum atomic E-state index is -0.250. The third-order valence-electron chi connectivity index (χ3n) is 3.12. The number of rotatable bonds is 5. The van der Waals surface area contributed by atoms with E-state index < -0.39 is 0 Å². The molecule has 7 nitrogen and oxygen atoms in total. The molecule has 3 aromatic rings. The van der Waals surface area contributed by atoms with Crippen molar-refractivity contribution in [2.24, 2.45) is 0 Å². The Kier molecular flexibility index (Phi) is 5.42. The van der Waals surface area contributed by atoms with Crippen molar-refractivity contribution in [2.45, 2.75) is 5.16 Å². The average molecular weight is 395 g/mol. The number of thioether (sulfide) groups is 1. The normalized spacial score (nSPS) is 10.6. The Bertz CT molecular complexity index is 902. The van der Waals surface area contributed by atoms with Crippen LogP contribution in [0.5, 0.6) is 0 Å². The van der Waals surface area contributed by atoms with Crippen LogP contribution in [0, 0.1) is 0 Å². The zero-order valence-electron chi connectivity index (χ0n) is 12.7. The molecule has 0 radical (unpaired) electrons. The number of carbonyl (C=O) groups excluding carboxylic acids is 1. The number of hydrogen-bond acceptors (Lipinski definition) is 6. The summed E-state index contributed by atoms with van der Waals surface area (Å²) in [5.41, 5.74) is 1.23. The summed E-state index contributed by atoms with van der Waals surface area (Å²) in [6, 6.07) is 8.44. The molecule has 2 heterocycles. The molecule has 0 saturated carbocycles. The van der Waals surface area contributed by atoms with Crippen LogP contribution in [-0.2, 0) is 4.79 Å². The number of nitrogens with one attached hydrogen (secondary N) is 1. The van der Waals surface area contributed by atoms with E-state index in [4.69, 9.17) is 29.0 Å². The summed E-state index contributed by atoms with van der Waals surface area (Å²) in [6.45, 7) is 0. The van der Waals surface area contributed by atoms with Gasteiger partial charge in [0.05, 0.1) is 16.5 Å². The molecule has 3 rings (SSSR count). The molecule has 0 aliphatic carbocycles. The number of nitrogen functional groups attached to an aromatic ring is 1. The summed E-state index contributed by atoms with van der Waals surface area (Å²) < 4.78 is 1.32. The number of nitrogens with zero attached hydrogens (tertiary/aromatic N) is 4. The second-order valence-corrected chi connectivity index (χ2v) is 6.67. The molecule has 0 spiro atoms. The Labute approximate surface area is 157 Å². The molecule has 0 atom stereocenters. The van der Waals surface area contributed by atoms with Crippen LogP contribution in [0.3, 0.4) is 0 Å². The monoisotopic (exact) mass is 394 g/mol. The van der Waals surface area contributed by atoms with Gasteiger partial charge in [-0.15, -0.1) is 10.2 Å². The van der Waals surface area contributed by atoms with E-state index in [9.17, 15) is 4.79 Å². The number of carbonyl (C=O) groups is 1. The predicted molar refractivity (Wildman–Crippen MR) is 99.2 cm³/mol. The van der Waals surface area contributed by atoms with Crippen molar-refractivity contribution in [3.63, 3.8) is 0 Å². The van der Waals surface area contributed by atoms with E-state index >= 15 is 0 Å². The predicted octanol–water partition coefficient (Wildman–Crippen LogP) is 3.09. The van der Waals surface area contributed by atoms with Crippen LogP contribution in [0.2, 0.25) is 10.0 Å². The van der Waals surface area contributed by atoms with E-state index in [1.165, 1.54) is 4.68 Å². The van der Waals surface area contributed by atoms with Gasteiger partial charge in [0, 0.05) is 23.0 Å². The minimum Gasteiger partial charge on any atom is -0.335 e. The van der Waals surface area contributed by atoms with Gasteiger partial charge < -0.3 is 11.2 Å². The van der Waals surface area contributed by atoms with Crippen LogP contribution in [-0.4, -0.2) is 31.5 Å². The first-order valence-corrected chi connectivity index (χ1v) is 8.77. The van der Waals surface area contributed by atoms with E-state index in [0.29, 0.717) is 26.7 Å². The molecule has 3 N–H and O–H groups in total. The minimum absolute atomic E-state index is 0.0985. The lowest BCUT2D eigenvalue weighted by Gasteiger charge is -2.07. The number of pyridine rings is 1. The van der Waals surface area contributed by atoms with Gasteiger partial charge in [-0.25, -0.2) is 4.68 Å². The first kappa shape index (κ1) is 17.5. The highest BCUT2D eigenvalue weighted by molar-refractivity contribution is 7.99. The molecular weight excluding hydrogens is 383 g/mol. The smallest absolute Gasteiger partial charge is 0.234 e. The van der Waals surface area contributed by atoms with Gasteiger partial charge in [-0.3, -0.25) is 9.78 Å². The molecule has 0 saturated heterocycles. The molecule has 0 fully saturated rings. The van der Waals surface area contributed by atoms with Crippen LogP contribution in [0.15, 0.2) is 47.9 Å². The molecule has 1 aromatic carbocycles. The van der Waals surface area contributed by atoms with Crippen LogP contribution in [0.4, 0.5) is 5.69 Å². The molecular formula is C15H12Cl2N6OS. The SMILES string of the molecule is Nn1c(SCC(=O)Nc2ccc(Cl)cc2Cl)nnc1-c1cccnc1. The summed E-state index contributed by atoms with van der Waals surface area (Å²) in [4.78, 5) is 16.1. The van der Waals surface area contributed by atoms with Crippen LogP contribution < -0.4 is 11.2 Å². The molecule has 0 aliphatic rings. The first-order valence-electron chi connectivity index (χ1n) is 7.03. The van der Waals surface area contributed by atoms with Gasteiger partial charge in [-0.05, 0) is 30.3 Å². The van der Waals surface area contributed by atoms with E-state index in [1.54, 1.807) is 36.7 Å². The summed E-state index contributed by atoms with van der Waals surface area (Å²) in [5.74, 6) is 6.31. The summed E-state index contributed by atoms with van der Waals surface area (Å²) in [6.07, 6.45) is 3.29. The molecule has 10 heteroatoms. The van der Waals surface area contributed by atoms with Gasteiger partial charge in [-0.1, -0.05) is 35.0 Å². The largest absolute Gasteiger partial charge is 0.335 e. The fraction of sp³-hybridized carbons (Fsp3) is 0.0667. The maximum Gasteiger partial charge on any atom is 0.234 e. The van der Waals surface area contributed by atoms with Crippen molar-refractivity contribution in [3.8, 4) is 11.4 Å². The molecule has 0 unspecified atom stereocenters. The van der Waals surface area contributed by atoms with E-state index in [0.717, 1.165) is 17.3 Å². The Morgan fingerprint density at radius 3 is 2.84 bits per heavy atom. The zero-order valence-corrected chi connectivity index (χ0v) is 15.0. The van der Waals surface area contributed by atoms with Gasteiger partial charge in [0.1, 0.15) is 0 Å². The summed E-state index contributed by atoms with van der Waals surface area (Å²) >= 11 is 13.0. The van der Waals surface area contributed by atoms with Crippen LogP contribution >= 0.6 is 35.0 Å². The van der Waals surface area contributed by atoms with E-state index in [-0.39, 0.29) is 11.7 Å². The van der Waals surface area contributed by atoms with Crippen molar-refractivity contribution in [2.75, 3.05) is 16.9 Å². The quantitative estimate of drug-likeness (QED) is 0.509. The number of benzene rings is 1. The maximum atomic E-state index is 12.1. The lowest BCUT2D eigenvalue weighted by atomic mass is 10.3. The van der Waals surface area contributed by atoms with Gasteiger partial charge in [0.15, 0.2) is 5.82 Å². The summed E-state index contributed by atoms with van der Waals surface area (Å²) in [5, 5.41) is 12.0. The Balaban J connectivity index is 1.64. The third-order valence-corrected chi connectivity index (χ3v) is 4.61. The highest BCUT2D eigenvalue weighted by Crippen LogP contribution is 2.26. The standard InChI is InChI=1S/C15H12Cl2N6OS/c16-10-3-4-12(11(17)6-10)20-13(24)8-25-15-22-21-14(23(15)18)9-2-1-5-19-7-9/h1-7H,8,18H2,(H,20,24). The molecule has 0 bridgehead atoms. The molecule has 1 amide bonds. The number of amides is 1.